The predicted octanol–water partition coefficient (Wildman–Crippen LogP) is 4.97. The largest absolute Gasteiger partial charge is 0.489 e. The topological polar surface area (TPSA) is 121 Å². The molecule has 1 heterocycles. The zero-order chi connectivity index (χ0) is 22.5. The van der Waals surface area contributed by atoms with Crippen molar-refractivity contribution in [2.75, 3.05) is 5.32 Å². The van der Waals surface area contributed by atoms with Crippen LogP contribution in [0.5, 0.6) is 5.75 Å². The molecule has 0 spiro atoms. The van der Waals surface area contributed by atoms with E-state index < -0.39 is 4.92 Å². The number of hydrogen-bond acceptors (Lipinski definition) is 5. The molecule has 8 heteroatoms. The number of amides is 1. The third-order valence-electron chi connectivity index (χ3n) is 4.99. The second-order valence-electron chi connectivity index (χ2n) is 7.07. The minimum atomic E-state index is -0.492. The minimum Gasteiger partial charge on any atom is -0.489 e. The summed E-state index contributed by atoms with van der Waals surface area (Å²) in [5.74, 6) is 0.266. The van der Waals surface area contributed by atoms with Gasteiger partial charge in [0.25, 0.3) is 11.6 Å². The molecule has 3 aromatic carbocycles. The van der Waals surface area contributed by atoms with Gasteiger partial charge in [0.15, 0.2) is 0 Å². The number of H-pyrrole nitrogens is 1. The smallest absolute Gasteiger partial charge is 0.270 e. The second kappa shape index (κ2) is 9.02. The first-order valence-corrected chi connectivity index (χ1v) is 9.78. The Morgan fingerprint density at radius 2 is 1.91 bits per heavy atom. The number of para-hydroxylation sites is 1. The number of nitriles is 1. The fourth-order valence-electron chi connectivity index (χ4n) is 3.32. The van der Waals surface area contributed by atoms with Crippen LogP contribution in [0.4, 0.5) is 11.4 Å². The number of hydrogen-bond donors (Lipinski definition) is 2. The summed E-state index contributed by atoms with van der Waals surface area (Å²) in [6.07, 6.45) is 1.87. The highest BCUT2D eigenvalue weighted by molar-refractivity contribution is 6.13. The number of rotatable bonds is 7. The van der Waals surface area contributed by atoms with Crippen LogP contribution in [0.3, 0.4) is 0 Å². The van der Waals surface area contributed by atoms with E-state index in [0.29, 0.717) is 34.3 Å². The Hall–Kier alpha value is -4.64. The fraction of sp³-hybridized carbons (Fsp3) is 0.0833. The van der Waals surface area contributed by atoms with E-state index in [9.17, 15) is 14.9 Å². The maximum Gasteiger partial charge on any atom is 0.270 e. The molecule has 0 atom stereocenters. The number of nitrogens with zero attached hydrogens (tertiary/aromatic N) is 2. The van der Waals surface area contributed by atoms with Gasteiger partial charge in [-0.3, -0.25) is 14.9 Å². The molecule has 0 radical (unpaired) electrons. The lowest BCUT2D eigenvalue weighted by Crippen LogP contribution is -2.13. The second-order valence-corrected chi connectivity index (χ2v) is 7.07. The van der Waals surface area contributed by atoms with Crippen LogP contribution in [0.15, 0.2) is 72.9 Å². The number of non-ortho nitro benzene ring substituents is 1. The predicted molar refractivity (Wildman–Crippen MR) is 119 cm³/mol. The van der Waals surface area contributed by atoms with E-state index in [2.05, 4.69) is 16.4 Å². The summed E-state index contributed by atoms with van der Waals surface area (Å²) >= 11 is 0. The summed E-state index contributed by atoms with van der Waals surface area (Å²) in [6, 6.07) is 21.0. The van der Waals surface area contributed by atoms with Crippen LogP contribution in [-0.2, 0) is 13.0 Å². The lowest BCUT2D eigenvalue weighted by molar-refractivity contribution is -0.384. The summed E-state index contributed by atoms with van der Waals surface area (Å²) in [7, 11) is 0. The highest BCUT2D eigenvalue weighted by Crippen LogP contribution is 2.25. The molecule has 2 N–H and O–H groups in total. The highest BCUT2D eigenvalue weighted by Gasteiger charge is 2.16. The molecule has 8 nitrogen and oxygen atoms in total. The van der Waals surface area contributed by atoms with Crippen LogP contribution in [0, 0.1) is 21.4 Å². The van der Waals surface area contributed by atoms with E-state index in [4.69, 9.17) is 10.00 Å². The minimum absolute atomic E-state index is 0.0826. The SMILES string of the molecule is N#CCc1ccc(OCc2ccccc2NC(=O)c2c[nH]c3ccc([N+](=O)[O-])cc23)cc1. The average Bonchev–Trinajstić information content (AvgIpc) is 3.23. The molecule has 0 aliphatic rings. The van der Waals surface area contributed by atoms with Gasteiger partial charge in [-0.15, -0.1) is 0 Å². The number of fused-ring (bicyclic) bond motifs is 1. The molecule has 32 heavy (non-hydrogen) atoms. The summed E-state index contributed by atoms with van der Waals surface area (Å²) in [5, 5.41) is 23.2. The Balaban J connectivity index is 1.51. The molecular formula is C24H18N4O4. The van der Waals surface area contributed by atoms with Gasteiger partial charge in [-0.05, 0) is 29.8 Å². The van der Waals surface area contributed by atoms with E-state index in [-0.39, 0.29) is 18.2 Å². The summed E-state index contributed by atoms with van der Waals surface area (Å²) in [5.41, 5.74) is 3.13. The molecule has 0 aliphatic heterocycles. The number of benzene rings is 3. The van der Waals surface area contributed by atoms with Gasteiger partial charge in [0, 0.05) is 40.5 Å². The van der Waals surface area contributed by atoms with E-state index in [1.807, 2.05) is 24.3 Å². The van der Waals surface area contributed by atoms with Crippen molar-refractivity contribution in [1.82, 2.24) is 4.98 Å². The van der Waals surface area contributed by atoms with Crippen LogP contribution in [0.25, 0.3) is 10.9 Å². The Kier molecular flexibility index (Phi) is 5.81. The zero-order valence-corrected chi connectivity index (χ0v) is 16.9. The Morgan fingerprint density at radius 1 is 1.12 bits per heavy atom. The molecule has 4 rings (SSSR count). The van der Waals surface area contributed by atoms with E-state index in [0.717, 1.165) is 11.1 Å². The number of aromatic amines is 1. The first kappa shape index (κ1) is 20.6. The van der Waals surface area contributed by atoms with Gasteiger partial charge in [0.2, 0.25) is 0 Å². The summed E-state index contributed by atoms with van der Waals surface area (Å²) in [4.78, 5) is 26.5. The molecule has 158 valence electrons. The van der Waals surface area contributed by atoms with Crippen molar-refractivity contribution in [3.05, 3.63) is 99.7 Å². The molecule has 0 fully saturated rings. The molecule has 0 saturated carbocycles. The number of aromatic nitrogens is 1. The lowest BCUT2D eigenvalue weighted by atomic mass is 10.1. The van der Waals surface area contributed by atoms with Crippen molar-refractivity contribution < 1.29 is 14.5 Å². The third kappa shape index (κ3) is 4.42. The van der Waals surface area contributed by atoms with Crippen molar-refractivity contribution in [2.24, 2.45) is 0 Å². The van der Waals surface area contributed by atoms with E-state index in [1.165, 1.54) is 18.3 Å². The number of carbonyl (C=O) groups is 1. The zero-order valence-electron chi connectivity index (χ0n) is 16.9. The normalized spacial score (nSPS) is 10.5. The molecule has 0 aliphatic carbocycles. The number of ether oxygens (including phenoxy) is 1. The van der Waals surface area contributed by atoms with Gasteiger partial charge in [0.05, 0.1) is 23.0 Å². The van der Waals surface area contributed by atoms with Crippen LogP contribution >= 0.6 is 0 Å². The van der Waals surface area contributed by atoms with Gasteiger partial charge in [-0.2, -0.15) is 5.26 Å². The number of anilines is 1. The van der Waals surface area contributed by atoms with Gasteiger partial charge >= 0.3 is 0 Å². The average molecular weight is 426 g/mol. The van der Waals surface area contributed by atoms with Crippen LogP contribution < -0.4 is 10.1 Å². The molecule has 0 saturated heterocycles. The number of nitro benzene ring substituents is 1. The van der Waals surface area contributed by atoms with Crippen molar-refractivity contribution in [3.8, 4) is 11.8 Å². The Morgan fingerprint density at radius 3 is 2.66 bits per heavy atom. The molecule has 0 bridgehead atoms. The monoisotopic (exact) mass is 426 g/mol. The molecule has 1 aromatic heterocycles. The Bertz CT molecular complexity index is 1340. The van der Waals surface area contributed by atoms with Crippen LogP contribution in [0.2, 0.25) is 0 Å². The summed E-state index contributed by atoms with van der Waals surface area (Å²) < 4.78 is 5.84. The van der Waals surface area contributed by atoms with Crippen molar-refractivity contribution in [3.63, 3.8) is 0 Å². The molecule has 0 unspecified atom stereocenters. The standard InChI is InChI=1S/C24H18N4O4/c25-12-11-16-5-8-19(9-6-16)32-15-17-3-1-2-4-22(17)27-24(29)21-14-26-23-10-7-18(28(30)31)13-20(21)23/h1-10,13-14,26H,11,15H2,(H,27,29). The molecule has 1 amide bonds. The number of nitro groups is 1. The van der Waals surface area contributed by atoms with Crippen LogP contribution in [-0.4, -0.2) is 15.8 Å². The lowest BCUT2D eigenvalue weighted by Gasteiger charge is -2.12. The van der Waals surface area contributed by atoms with E-state index in [1.54, 1.807) is 30.3 Å². The van der Waals surface area contributed by atoms with Gasteiger partial charge in [-0.25, -0.2) is 0 Å². The van der Waals surface area contributed by atoms with E-state index >= 15 is 0 Å². The highest BCUT2D eigenvalue weighted by atomic mass is 16.6. The summed E-state index contributed by atoms with van der Waals surface area (Å²) in [6.45, 7) is 0.230. The first-order valence-electron chi connectivity index (χ1n) is 9.78. The van der Waals surface area contributed by atoms with Crippen LogP contribution in [0.1, 0.15) is 21.5 Å². The third-order valence-corrected chi connectivity index (χ3v) is 4.99. The van der Waals surface area contributed by atoms with Gasteiger partial charge in [0.1, 0.15) is 12.4 Å². The van der Waals surface area contributed by atoms with Gasteiger partial charge < -0.3 is 15.0 Å². The van der Waals surface area contributed by atoms with Crippen molar-refractivity contribution in [1.29, 1.82) is 5.26 Å². The quantitative estimate of drug-likeness (QED) is 0.319. The Labute approximate surface area is 183 Å². The number of carbonyl (C=O) groups excluding carboxylic acids is 1. The fourth-order valence-corrected chi connectivity index (χ4v) is 3.32. The van der Waals surface area contributed by atoms with Gasteiger partial charge in [-0.1, -0.05) is 30.3 Å². The molecule has 4 aromatic rings. The number of nitrogens with one attached hydrogen (secondary N) is 2. The first-order chi connectivity index (χ1) is 15.5. The maximum atomic E-state index is 12.9. The maximum absolute atomic E-state index is 12.9. The van der Waals surface area contributed by atoms with Crippen molar-refractivity contribution >= 4 is 28.2 Å². The van der Waals surface area contributed by atoms with Crippen molar-refractivity contribution in [2.45, 2.75) is 13.0 Å². The molecular weight excluding hydrogens is 408 g/mol.